The topological polar surface area (TPSA) is 0 Å². The minimum Gasteiger partial charge on any atom is -0.0928 e. The van der Waals surface area contributed by atoms with Gasteiger partial charge in [-0.05, 0) is 60.8 Å². The molecule has 0 unspecified atom stereocenters. The van der Waals surface area contributed by atoms with E-state index in [1.54, 1.807) is 22.3 Å². The van der Waals surface area contributed by atoms with E-state index in [1.165, 1.54) is 87.8 Å². The quantitative estimate of drug-likeness (QED) is 0.0451. The Hall–Kier alpha value is -1.30. The van der Waals surface area contributed by atoms with Gasteiger partial charge in [-0.1, -0.05) is 153 Å². The molecule has 4 aromatic carbocycles. The molecule has 0 aliphatic carbocycles. The Balaban J connectivity index is 1.56. The molecule has 0 saturated heterocycles. The van der Waals surface area contributed by atoms with Crippen LogP contribution in [0.5, 0.6) is 0 Å². The molecule has 0 bridgehead atoms. The second-order valence-electron chi connectivity index (χ2n) is 12.7. The maximum Gasteiger partial charge on any atom is 0.0846 e. The van der Waals surface area contributed by atoms with Gasteiger partial charge in [-0.25, -0.2) is 0 Å². The van der Waals surface area contributed by atoms with Crippen LogP contribution in [0.1, 0.15) is 60.8 Å². The van der Waals surface area contributed by atoms with Crippen molar-refractivity contribution in [3.8, 4) is 0 Å². The molecule has 4 rings (SSSR count). The fourth-order valence-corrected chi connectivity index (χ4v) is 17.1. The highest BCUT2D eigenvalue weighted by Gasteiger charge is 2.40. The van der Waals surface area contributed by atoms with Gasteiger partial charge >= 0.3 is 0 Å². The molecule has 0 atom stereocenters. The van der Waals surface area contributed by atoms with Crippen molar-refractivity contribution in [2.45, 2.75) is 63.2 Å². The van der Waals surface area contributed by atoms with Crippen LogP contribution in [0.15, 0.2) is 121 Å². The molecule has 0 nitrogen and oxygen atoms in total. The van der Waals surface area contributed by atoms with Crippen molar-refractivity contribution in [1.29, 1.82) is 0 Å². The van der Waals surface area contributed by atoms with E-state index in [0.717, 1.165) is 10.7 Å². The van der Waals surface area contributed by atoms with E-state index < -0.39 is 14.5 Å². The number of unbranched alkanes of at least 4 members (excludes halogenated alkanes) is 3. The zero-order chi connectivity index (χ0) is 30.8. The first-order chi connectivity index (χ1) is 21.6. The van der Waals surface area contributed by atoms with E-state index in [1.807, 2.05) is 0 Å². The lowest BCUT2D eigenvalue weighted by molar-refractivity contribution is 0.846. The molecule has 0 saturated carbocycles. The summed E-state index contributed by atoms with van der Waals surface area (Å²) >= 11 is 7.46. The summed E-state index contributed by atoms with van der Waals surface area (Å²) in [4.78, 5) is 0. The summed E-state index contributed by atoms with van der Waals surface area (Å²) < 4.78 is 0. The fourth-order valence-electron chi connectivity index (χ4n) is 6.83. The molecule has 0 radical (unpaired) electrons. The number of benzene rings is 4. The smallest absolute Gasteiger partial charge is 0.0846 e. The lowest BCUT2D eigenvalue weighted by Gasteiger charge is -2.30. The largest absolute Gasteiger partial charge is 0.0928 e. The van der Waals surface area contributed by atoms with Crippen LogP contribution in [0.3, 0.4) is 0 Å². The fraction of sp³-hybridized carbons (Fsp3) is 0.400. The van der Waals surface area contributed by atoms with Gasteiger partial charge in [0.05, 0.1) is 49.3 Å². The minimum absolute atomic E-state index is 1.12. The summed E-state index contributed by atoms with van der Waals surface area (Å²) in [5, 5.41) is 2.23. The van der Waals surface area contributed by atoms with Crippen molar-refractivity contribution in [3.05, 3.63) is 144 Å². The van der Waals surface area contributed by atoms with Crippen LogP contribution in [0.2, 0.25) is 0 Å². The highest BCUT2D eigenvalue weighted by Crippen LogP contribution is 2.67. The molecule has 0 N–H and O–H groups in total. The molecule has 4 heteroatoms. The van der Waals surface area contributed by atoms with Gasteiger partial charge in [0.2, 0.25) is 0 Å². The van der Waals surface area contributed by atoms with E-state index >= 15 is 0 Å². The molecule has 0 heterocycles. The lowest BCUT2D eigenvalue weighted by Crippen LogP contribution is -2.13. The summed E-state index contributed by atoms with van der Waals surface area (Å²) in [6.45, 7) is 0. The van der Waals surface area contributed by atoms with Crippen LogP contribution in [-0.2, 0) is 24.6 Å². The van der Waals surface area contributed by atoms with Crippen LogP contribution in [0, 0.1) is 0 Å². The highest BCUT2D eigenvalue weighted by molar-refractivity contribution is 9.09. The number of hydrogen-bond donors (Lipinski definition) is 0. The highest BCUT2D eigenvalue weighted by atomic mass is 79.9. The lowest BCUT2D eigenvalue weighted by atomic mass is 10.2. The first-order valence-corrected chi connectivity index (χ1v) is 23.9. The van der Waals surface area contributed by atoms with Crippen molar-refractivity contribution in [1.82, 2.24) is 0 Å². The van der Waals surface area contributed by atoms with Crippen molar-refractivity contribution in [2.75, 3.05) is 35.3 Å². The number of alkyl halides is 2. The third-order valence-electron chi connectivity index (χ3n) is 8.99. The van der Waals surface area contributed by atoms with Gasteiger partial charge in [-0.15, -0.1) is 0 Å². The van der Waals surface area contributed by atoms with E-state index in [0.29, 0.717) is 0 Å². The number of halogens is 2. The molecule has 0 aliphatic rings. The Bertz CT molecular complexity index is 1100. The summed E-state index contributed by atoms with van der Waals surface area (Å²) in [6, 6.07) is 45.6. The average Bonchev–Trinajstić information content (AvgIpc) is 3.05. The molecule has 0 amide bonds. The zero-order valence-corrected chi connectivity index (χ0v) is 31.5. The number of rotatable bonds is 21. The van der Waals surface area contributed by atoms with Crippen LogP contribution in [0.25, 0.3) is 0 Å². The normalized spacial score (nSPS) is 12.0. The van der Waals surface area contributed by atoms with Crippen LogP contribution in [-0.4, -0.2) is 35.3 Å². The van der Waals surface area contributed by atoms with E-state index in [9.17, 15) is 0 Å². The second kappa shape index (κ2) is 20.0. The van der Waals surface area contributed by atoms with Gasteiger partial charge in [-0.2, -0.15) is 0 Å². The monoisotopic (exact) mass is 752 g/mol. The van der Waals surface area contributed by atoms with Crippen LogP contribution in [0.4, 0.5) is 0 Å². The number of hydrogen-bond acceptors (Lipinski definition) is 0. The molecule has 44 heavy (non-hydrogen) atoms. The predicted octanol–water partition coefficient (Wildman–Crippen LogP) is 13.0. The summed E-state index contributed by atoms with van der Waals surface area (Å²) in [5.74, 6) is 0. The van der Waals surface area contributed by atoms with Gasteiger partial charge in [-0.3, -0.25) is 0 Å². The van der Waals surface area contributed by atoms with Crippen molar-refractivity contribution in [2.24, 2.45) is 0 Å². The predicted molar refractivity (Wildman–Crippen MR) is 209 cm³/mol. The third kappa shape index (κ3) is 12.5. The average molecular weight is 755 g/mol. The Labute approximate surface area is 286 Å². The molecular formula is C40H52Br2P2+2. The molecule has 0 spiro atoms. The van der Waals surface area contributed by atoms with Gasteiger partial charge in [0.1, 0.15) is 0 Å². The van der Waals surface area contributed by atoms with Crippen LogP contribution < -0.4 is 0 Å². The minimum atomic E-state index is -1.23. The molecule has 0 fully saturated rings. The van der Waals surface area contributed by atoms with Gasteiger partial charge in [0.15, 0.2) is 0 Å². The first kappa shape index (κ1) is 35.6. The Morgan fingerprint density at radius 3 is 0.773 bits per heavy atom. The summed E-state index contributed by atoms with van der Waals surface area (Å²) in [7, 11) is -2.45. The van der Waals surface area contributed by atoms with Crippen molar-refractivity contribution < 1.29 is 0 Å². The molecular weight excluding hydrogens is 702 g/mol. The summed E-state index contributed by atoms with van der Waals surface area (Å²) in [5.41, 5.74) is 6.17. The Morgan fingerprint density at radius 1 is 0.318 bits per heavy atom. The van der Waals surface area contributed by atoms with Crippen molar-refractivity contribution in [3.63, 3.8) is 0 Å². The van der Waals surface area contributed by atoms with Gasteiger partial charge in [0.25, 0.3) is 0 Å². The van der Waals surface area contributed by atoms with E-state index in [4.69, 9.17) is 0 Å². The van der Waals surface area contributed by atoms with Gasteiger partial charge in [0, 0.05) is 25.2 Å². The molecule has 234 valence electrons. The molecule has 4 aromatic rings. The van der Waals surface area contributed by atoms with Crippen LogP contribution >= 0.6 is 46.4 Å². The molecule has 0 aromatic heterocycles. The van der Waals surface area contributed by atoms with E-state index in [2.05, 4.69) is 153 Å². The van der Waals surface area contributed by atoms with Crippen molar-refractivity contribution >= 4 is 46.4 Å². The summed E-state index contributed by atoms with van der Waals surface area (Å²) in [6.07, 6.45) is 18.7. The molecule has 0 aliphatic heterocycles. The maximum absolute atomic E-state index is 3.73. The van der Waals surface area contributed by atoms with Gasteiger partial charge < -0.3 is 0 Å². The SMILES string of the molecule is BrCCCC[P+](CCCC[P+](CCCCBr)(Cc1ccccc1)Cc1ccccc1)(Cc1ccccc1)Cc1ccccc1. The zero-order valence-electron chi connectivity index (χ0n) is 26.5. The third-order valence-corrected chi connectivity index (χ3v) is 19.3. The maximum atomic E-state index is 3.73. The Kier molecular flexibility index (Phi) is 16.2. The standard InChI is InChI=1S/C40H52Br2P2/c41-27-13-15-29-43(33-37-19-5-1-6-20-37,34-38-21-7-2-8-22-38)31-17-18-32-44(30-16-14-28-42,35-39-23-9-3-10-24-39)36-40-25-11-4-12-26-40/h1-12,19-26H,13-18,27-36H2/q+2. The Morgan fingerprint density at radius 2 is 0.545 bits per heavy atom. The second-order valence-corrected chi connectivity index (χ2v) is 22.7. The first-order valence-electron chi connectivity index (χ1n) is 16.6. The van der Waals surface area contributed by atoms with E-state index in [-0.39, 0.29) is 0 Å².